The van der Waals surface area contributed by atoms with E-state index in [0.29, 0.717) is 0 Å². The van der Waals surface area contributed by atoms with E-state index in [1.54, 1.807) is 0 Å². The molecule has 3 aromatic rings. The van der Waals surface area contributed by atoms with Crippen LogP contribution in [-0.4, -0.2) is 7.05 Å². The van der Waals surface area contributed by atoms with Crippen LogP contribution in [0.3, 0.4) is 0 Å². The van der Waals surface area contributed by atoms with Gasteiger partial charge in [-0.15, -0.1) is 12.4 Å². The highest BCUT2D eigenvalue weighted by Gasteiger charge is 2.10. The molecule has 0 saturated carbocycles. The van der Waals surface area contributed by atoms with Crippen LogP contribution in [0.15, 0.2) is 60.7 Å². The predicted molar refractivity (Wildman–Crippen MR) is 100 cm³/mol. The van der Waals surface area contributed by atoms with Crippen LogP contribution in [0.25, 0.3) is 21.9 Å². The number of hydrogen-bond donors (Lipinski definition) is 1. The van der Waals surface area contributed by atoms with Gasteiger partial charge in [-0.1, -0.05) is 61.9 Å². The Bertz CT molecular complexity index is 765. The molecular formula is C20H22ClN. The van der Waals surface area contributed by atoms with Crippen LogP contribution in [0.5, 0.6) is 0 Å². The molecule has 0 heterocycles. The Balaban J connectivity index is 0.00000176. The van der Waals surface area contributed by atoms with E-state index in [1.807, 2.05) is 7.05 Å². The number of halogens is 1. The normalized spacial score (nSPS) is 10.3. The molecule has 0 spiro atoms. The first kappa shape index (κ1) is 16.4. The van der Waals surface area contributed by atoms with Crippen LogP contribution >= 0.6 is 12.4 Å². The molecule has 2 heteroatoms. The lowest BCUT2D eigenvalue weighted by Gasteiger charge is -2.15. The molecule has 0 aliphatic rings. The summed E-state index contributed by atoms with van der Waals surface area (Å²) in [5, 5.41) is 5.93. The van der Waals surface area contributed by atoms with Crippen molar-refractivity contribution >= 4 is 28.9 Å². The summed E-state index contributed by atoms with van der Waals surface area (Å²) in [6, 6.07) is 21.8. The number of fused-ring (bicyclic) bond motifs is 1. The van der Waals surface area contributed by atoms with Crippen molar-refractivity contribution in [2.24, 2.45) is 0 Å². The van der Waals surface area contributed by atoms with Crippen LogP contribution in [0.1, 0.15) is 18.9 Å². The van der Waals surface area contributed by atoms with E-state index < -0.39 is 0 Å². The molecule has 1 N–H and O–H groups in total. The van der Waals surface area contributed by atoms with E-state index in [-0.39, 0.29) is 12.4 Å². The lowest BCUT2D eigenvalue weighted by molar-refractivity contribution is 0.924. The van der Waals surface area contributed by atoms with Crippen molar-refractivity contribution in [3.8, 4) is 11.1 Å². The predicted octanol–water partition coefficient (Wildman–Crippen LogP) is 5.92. The molecule has 0 aromatic heterocycles. The van der Waals surface area contributed by atoms with Gasteiger partial charge in [0.15, 0.2) is 0 Å². The molecule has 0 aliphatic carbocycles. The first-order chi connectivity index (χ1) is 10.3. The van der Waals surface area contributed by atoms with Crippen molar-refractivity contribution in [1.82, 2.24) is 0 Å². The van der Waals surface area contributed by atoms with Crippen LogP contribution < -0.4 is 5.32 Å². The molecule has 3 rings (SSSR count). The van der Waals surface area contributed by atoms with Crippen LogP contribution in [-0.2, 0) is 6.42 Å². The topological polar surface area (TPSA) is 12.0 Å². The zero-order valence-electron chi connectivity index (χ0n) is 13.1. The second-order valence-electron chi connectivity index (χ2n) is 5.40. The maximum Gasteiger partial charge on any atom is 0.0420 e. The molecule has 0 unspecified atom stereocenters. The summed E-state index contributed by atoms with van der Waals surface area (Å²) >= 11 is 0. The number of aryl methyl sites for hydroxylation is 1. The van der Waals surface area contributed by atoms with E-state index in [2.05, 4.69) is 72.9 Å². The first-order valence-corrected chi connectivity index (χ1v) is 7.62. The summed E-state index contributed by atoms with van der Waals surface area (Å²) in [5.41, 5.74) is 5.26. The minimum atomic E-state index is 0. The summed E-state index contributed by atoms with van der Waals surface area (Å²) in [5.74, 6) is 0. The number of hydrogen-bond acceptors (Lipinski definition) is 1. The smallest absolute Gasteiger partial charge is 0.0420 e. The monoisotopic (exact) mass is 311 g/mol. The summed E-state index contributed by atoms with van der Waals surface area (Å²) in [6.07, 6.45) is 2.27. The molecule has 0 fully saturated rings. The Hall–Kier alpha value is -1.99. The van der Waals surface area contributed by atoms with Gasteiger partial charge >= 0.3 is 0 Å². The van der Waals surface area contributed by atoms with Gasteiger partial charge in [0.25, 0.3) is 0 Å². The van der Waals surface area contributed by atoms with Gasteiger partial charge in [-0.05, 0) is 40.5 Å². The highest BCUT2D eigenvalue weighted by molar-refractivity contribution is 5.90. The van der Waals surface area contributed by atoms with Crippen molar-refractivity contribution in [2.45, 2.75) is 19.8 Å². The fraction of sp³-hybridized carbons (Fsp3) is 0.200. The SMILES string of the molecule is CCCc1cccc(NC)c1-c1ccc2ccccc2c1.Cl. The van der Waals surface area contributed by atoms with Crippen molar-refractivity contribution in [1.29, 1.82) is 0 Å². The lowest BCUT2D eigenvalue weighted by atomic mass is 9.93. The van der Waals surface area contributed by atoms with Crippen molar-refractivity contribution in [3.05, 3.63) is 66.2 Å². The lowest BCUT2D eigenvalue weighted by Crippen LogP contribution is -1.97. The average Bonchev–Trinajstić information content (AvgIpc) is 2.54. The molecule has 22 heavy (non-hydrogen) atoms. The molecular weight excluding hydrogens is 290 g/mol. The van der Waals surface area contributed by atoms with E-state index in [9.17, 15) is 0 Å². The maximum atomic E-state index is 3.34. The van der Waals surface area contributed by atoms with Crippen molar-refractivity contribution in [2.75, 3.05) is 12.4 Å². The third kappa shape index (κ3) is 3.10. The number of rotatable bonds is 4. The van der Waals surface area contributed by atoms with Gasteiger partial charge < -0.3 is 5.32 Å². The van der Waals surface area contributed by atoms with E-state index in [0.717, 1.165) is 12.8 Å². The standard InChI is InChI=1S/C20H21N.ClH/c1-3-7-16-10-6-11-19(21-2)20(16)18-13-12-15-8-4-5-9-17(15)14-18;/h4-6,8-14,21H,3,7H2,1-2H3;1H. The molecule has 0 amide bonds. The Kier molecular flexibility index (Phi) is 5.46. The van der Waals surface area contributed by atoms with Crippen LogP contribution in [0.4, 0.5) is 5.69 Å². The molecule has 114 valence electrons. The van der Waals surface area contributed by atoms with Gasteiger partial charge in [-0.25, -0.2) is 0 Å². The zero-order valence-corrected chi connectivity index (χ0v) is 13.9. The van der Waals surface area contributed by atoms with Gasteiger partial charge in [-0.3, -0.25) is 0 Å². The third-order valence-electron chi connectivity index (χ3n) is 3.98. The van der Waals surface area contributed by atoms with Gasteiger partial charge in [0, 0.05) is 18.3 Å². The fourth-order valence-electron chi connectivity index (χ4n) is 2.97. The highest BCUT2D eigenvalue weighted by Crippen LogP contribution is 2.34. The Morgan fingerprint density at radius 2 is 1.64 bits per heavy atom. The number of anilines is 1. The fourth-order valence-corrected chi connectivity index (χ4v) is 2.97. The van der Waals surface area contributed by atoms with Crippen molar-refractivity contribution < 1.29 is 0 Å². The van der Waals surface area contributed by atoms with Crippen LogP contribution in [0, 0.1) is 0 Å². The zero-order chi connectivity index (χ0) is 14.7. The van der Waals surface area contributed by atoms with Gasteiger partial charge in [0.1, 0.15) is 0 Å². The van der Waals surface area contributed by atoms with E-state index >= 15 is 0 Å². The summed E-state index contributed by atoms with van der Waals surface area (Å²) in [7, 11) is 2.00. The quantitative estimate of drug-likeness (QED) is 0.630. The average molecular weight is 312 g/mol. The summed E-state index contributed by atoms with van der Waals surface area (Å²) < 4.78 is 0. The van der Waals surface area contributed by atoms with Crippen molar-refractivity contribution in [3.63, 3.8) is 0 Å². The molecule has 0 atom stereocenters. The Morgan fingerprint density at radius 3 is 2.36 bits per heavy atom. The maximum absolute atomic E-state index is 3.34. The number of nitrogens with one attached hydrogen (secondary N) is 1. The molecule has 3 aromatic carbocycles. The molecule has 0 aliphatic heterocycles. The van der Waals surface area contributed by atoms with Gasteiger partial charge in [0.05, 0.1) is 0 Å². The highest BCUT2D eigenvalue weighted by atomic mass is 35.5. The van der Waals surface area contributed by atoms with E-state index in [4.69, 9.17) is 0 Å². The largest absolute Gasteiger partial charge is 0.388 e. The number of benzene rings is 3. The van der Waals surface area contributed by atoms with E-state index in [1.165, 1.54) is 33.2 Å². The molecule has 1 nitrogen and oxygen atoms in total. The Morgan fingerprint density at radius 1 is 0.864 bits per heavy atom. The minimum Gasteiger partial charge on any atom is -0.388 e. The second-order valence-corrected chi connectivity index (χ2v) is 5.40. The second kappa shape index (κ2) is 7.33. The minimum absolute atomic E-state index is 0. The van der Waals surface area contributed by atoms with Gasteiger partial charge in [0.2, 0.25) is 0 Å². The molecule has 0 radical (unpaired) electrons. The van der Waals surface area contributed by atoms with Gasteiger partial charge in [-0.2, -0.15) is 0 Å². The Labute approximate surface area is 138 Å². The molecule has 0 bridgehead atoms. The molecule has 0 saturated heterocycles. The summed E-state index contributed by atoms with van der Waals surface area (Å²) in [6.45, 7) is 2.23. The van der Waals surface area contributed by atoms with Crippen LogP contribution in [0.2, 0.25) is 0 Å². The third-order valence-corrected chi connectivity index (χ3v) is 3.98. The summed E-state index contributed by atoms with van der Waals surface area (Å²) in [4.78, 5) is 0. The first-order valence-electron chi connectivity index (χ1n) is 7.62.